The van der Waals surface area contributed by atoms with Crippen molar-refractivity contribution in [2.45, 2.75) is 89.2 Å². The zero-order valence-electron chi connectivity index (χ0n) is 20.8. The van der Waals surface area contributed by atoms with Gasteiger partial charge in [-0.25, -0.2) is 0 Å². The highest BCUT2D eigenvalue weighted by molar-refractivity contribution is 6.77. The Kier molecular flexibility index (Phi) is 7.49. The Morgan fingerprint density at radius 2 is 1.64 bits per heavy atom. The summed E-state index contributed by atoms with van der Waals surface area (Å²) in [7, 11) is -1.04. The number of carbonyl (C=O) groups is 1. The highest BCUT2D eigenvalue weighted by Gasteiger charge is 2.32. The van der Waals surface area contributed by atoms with Crippen molar-refractivity contribution in [3.05, 3.63) is 42.0 Å². The van der Waals surface area contributed by atoms with Crippen LogP contribution in [0.5, 0.6) is 5.75 Å². The molecule has 0 bridgehead atoms. The SMILES string of the molecule is CCC(c1ccc2cc(OC3CCC([Si](C)(C)C)CC3)ccc2c1)N1CCC(C(=O)O)CC1. The molecule has 4 nitrogen and oxygen atoms in total. The van der Waals surface area contributed by atoms with Crippen LogP contribution in [0.15, 0.2) is 36.4 Å². The second-order valence-electron chi connectivity index (χ2n) is 11.3. The van der Waals surface area contributed by atoms with Crippen molar-refractivity contribution < 1.29 is 14.6 Å². The molecule has 2 aliphatic rings. The van der Waals surface area contributed by atoms with Crippen LogP contribution in [0.3, 0.4) is 0 Å². The van der Waals surface area contributed by atoms with E-state index < -0.39 is 14.0 Å². The molecule has 5 heteroatoms. The Bertz CT molecular complexity index is 953. The normalized spacial score (nSPS) is 24.0. The van der Waals surface area contributed by atoms with Gasteiger partial charge >= 0.3 is 5.97 Å². The summed E-state index contributed by atoms with van der Waals surface area (Å²) in [6.45, 7) is 11.4. The van der Waals surface area contributed by atoms with Crippen LogP contribution in [0, 0.1) is 5.92 Å². The van der Waals surface area contributed by atoms with Gasteiger partial charge in [0.15, 0.2) is 0 Å². The zero-order chi connectivity index (χ0) is 23.6. The molecule has 0 radical (unpaired) electrons. The number of piperidine rings is 1. The van der Waals surface area contributed by atoms with E-state index in [1.54, 1.807) is 0 Å². The minimum Gasteiger partial charge on any atom is -0.490 e. The van der Waals surface area contributed by atoms with Crippen LogP contribution in [-0.2, 0) is 4.79 Å². The van der Waals surface area contributed by atoms with Gasteiger partial charge in [0, 0.05) is 14.1 Å². The van der Waals surface area contributed by atoms with Gasteiger partial charge in [-0.05, 0) is 98.1 Å². The number of nitrogens with zero attached hydrogens (tertiary/aromatic N) is 1. The average molecular weight is 468 g/mol. The minimum atomic E-state index is -1.04. The number of rotatable bonds is 7. The van der Waals surface area contributed by atoms with Crippen molar-refractivity contribution in [1.82, 2.24) is 4.90 Å². The van der Waals surface area contributed by atoms with Gasteiger partial charge in [0.25, 0.3) is 0 Å². The van der Waals surface area contributed by atoms with Crippen LogP contribution in [0.25, 0.3) is 10.8 Å². The van der Waals surface area contributed by atoms with E-state index in [0.29, 0.717) is 12.1 Å². The Balaban J connectivity index is 1.41. The van der Waals surface area contributed by atoms with Crippen LogP contribution in [0.4, 0.5) is 0 Å². The molecule has 1 N–H and O–H groups in total. The molecule has 1 aliphatic carbocycles. The second kappa shape index (κ2) is 10.2. The number of carboxylic acids is 1. The largest absolute Gasteiger partial charge is 0.490 e. The number of carboxylic acid groups (broad SMARTS) is 1. The quantitative estimate of drug-likeness (QED) is 0.441. The summed E-state index contributed by atoms with van der Waals surface area (Å²) in [6, 6.07) is 13.7. The molecule has 2 aromatic carbocycles. The number of fused-ring (bicyclic) bond motifs is 1. The predicted octanol–water partition coefficient (Wildman–Crippen LogP) is 7.12. The molecule has 2 fully saturated rings. The van der Waals surface area contributed by atoms with Gasteiger partial charge in [0.1, 0.15) is 5.75 Å². The summed E-state index contributed by atoms with van der Waals surface area (Å²) in [5.41, 5.74) is 2.27. The fraction of sp³-hybridized carbons (Fsp3) is 0.607. The summed E-state index contributed by atoms with van der Waals surface area (Å²) in [5.74, 6) is 0.171. The molecule has 1 saturated carbocycles. The third-order valence-corrected chi connectivity index (χ3v) is 11.2. The Hall–Kier alpha value is -1.85. The maximum atomic E-state index is 11.3. The summed E-state index contributed by atoms with van der Waals surface area (Å²) in [6.07, 6.45) is 7.89. The maximum Gasteiger partial charge on any atom is 0.306 e. The monoisotopic (exact) mass is 467 g/mol. The number of hydrogen-bond donors (Lipinski definition) is 1. The number of benzene rings is 2. The Labute approximate surface area is 200 Å². The lowest BCUT2D eigenvalue weighted by atomic mass is 9.92. The first-order valence-corrected chi connectivity index (χ1v) is 16.5. The lowest BCUT2D eigenvalue weighted by molar-refractivity contribution is -0.143. The molecule has 0 aromatic heterocycles. The average Bonchev–Trinajstić information content (AvgIpc) is 2.80. The minimum absolute atomic E-state index is 0.181. The van der Waals surface area contributed by atoms with E-state index in [9.17, 15) is 9.90 Å². The van der Waals surface area contributed by atoms with E-state index >= 15 is 0 Å². The lowest BCUT2D eigenvalue weighted by Gasteiger charge is -2.36. The molecule has 1 unspecified atom stereocenters. The smallest absolute Gasteiger partial charge is 0.306 e. The van der Waals surface area contributed by atoms with Gasteiger partial charge in [0.05, 0.1) is 12.0 Å². The van der Waals surface area contributed by atoms with Gasteiger partial charge < -0.3 is 9.84 Å². The molecule has 1 saturated heterocycles. The second-order valence-corrected chi connectivity index (χ2v) is 16.8. The van der Waals surface area contributed by atoms with Crippen LogP contribution >= 0.6 is 0 Å². The molecular formula is C28H41NO3Si. The van der Waals surface area contributed by atoms with Crippen molar-refractivity contribution in [1.29, 1.82) is 0 Å². The predicted molar refractivity (Wildman–Crippen MR) is 139 cm³/mol. The molecule has 1 atom stereocenters. The third-order valence-electron chi connectivity index (χ3n) is 8.13. The summed E-state index contributed by atoms with van der Waals surface area (Å²) < 4.78 is 6.41. The number of aliphatic carboxylic acids is 1. The van der Waals surface area contributed by atoms with Crippen molar-refractivity contribution >= 4 is 24.8 Å². The van der Waals surface area contributed by atoms with Crippen molar-refractivity contribution in [2.24, 2.45) is 5.92 Å². The van der Waals surface area contributed by atoms with E-state index in [1.165, 1.54) is 42.0 Å². The van der Waals surface area contributed by atoms with E-state index in [4.69, 9.17) is 4.74 Å². The summed E-state index contributed by atoms with van der Waals surface area (Å²) >= 11 is 0. The van der Waals surface area contributed by atoms with Gasteiger partial charge in [-0.3, -0.25) is 9.69 Å². The molecule has 0 spiro atoms. The molecule has 4 rings (SSSR count). The molecule has 1 aliphatic heterocycles. The third kappa shape index (κ3) is 5.80. The lowest BCUT2D eigenvalue weighted by Crippen LogP contribution is -2.38. The number of ether oxygens (including phenoxy) is 1. The van der Waals surface area contributed by atoms with Crippen molar-refractivity contribution in [3.8, 4) is 5.75 Å². The van der Waals surface area contributed by atoms with Gasteiger partial charge in [-0.1, -0.05) is 44.8 Å². The van der Waals surface area contributed by atoms with Gasteiger partial charge in [0.2, 0.25) is 0 Å². The van der Waals surface area contributed by atoms with E-state index in [1.807, 2.05) is 0 Å². The van der Waals surface area contributed by atoms with Crippen molar-refractivity contribution in [2.75, 3.05) is 13.1 Å². The topological polar surface area (TPSA) is 49.8 Å². The molecule has 1 heterocycles. The first kappa shape index (κ1) is 24.3. The molecular weight excluding hydrogens is 426 g/mol. The van der Waals surface area contributed by atoms with E-state index in [0.717, 1.165) is 43.6 Å². The van der Waals surface area contributed by atoms with Gasteiger partial charge in [-0.2, -0.15) is 0 Å². The molecule has 2 aromatic rings. The fourth-order valence-corrected chi connectivity index (χ4v) is 7.99. The van der Waals surface area contributed by atoms with E-state index in [2.05, 4.69) is 67.9 Å². The summed E-state index contributed by atoms with van der Waals surface area (Å²) in [4.78, 5) is 13.8. The molecule has 33 heavy (non-hydrogen) atoms. The van der Waals surface area contributed by atoms with Crippen LogP contribution in [0.1, 0.15) is 63.5 Å². The molecule has 0 amide bonds. The maximum absolute atomic E-state index is 11.3. The first-order chi connectivity index (χ1) is 15.7. The van der Waals surface area contributed by atoms with Crippen LogP contribution in [0.2, 0.25) is 25.2 Å². The highest BCUT2D eigenvalue weighted by atomic mass is 28.3. The van der Waals surface area contributed by atoms with Crippen LogP contribution < -0.4 is 4.74 Å². The number of likely N-dealkylation sites (tertiary alicyclic amines) is 1. The highest BCUT2D eigenvalue weighted by Crippen LogP contribution is 2.38. The zero-order valence-corrected chi connectivity index (χ0v) is 21.8. The standard InChI is InChI=1S/C28H41NO3Si/c1-5-27(29-16-14-20(15-17-29)28(30)31)23-7-6-22-19-25(9-8-21(22)18-23)32-24-10-12-26(13-11-24)33(2,3)4/h6-9,18-20,24,26-27H,5,10-17H2,1-4H3,(H,30,31). The Morgan fingerprint density at radius 1 is 1.00 bits per heavy atom. The molecule has 180 valence electrons. The number of hydrogen-bond acceptors (Lipinski definition) is 3. The van der Waals surface area contributed by atoms with E-state index in [-0.39, 0.29) is 5.92 Å². The van der Waals surface area contributed by atoms with Crippen LogP contribution in [-0.4, -0.2) is 43.2 Å². The van der Waals surface area contributed by atoms with Gasteiger partial charge in [-0.15, -0.1) is 0 Å². The van der Waals surface area contributed by atoms with Crippen molar-refractivity contribution in [3.63, 3.8) is 0 Å². The first-order valence-electron chi connectivity index (χ1n) is 12.9. The summed E-state index contributed by atoms with van der Waals surface area (Å²) in [5, 5.41) is 11.8. The Morgan fingerprint density at radius 3 is 2.24 bits per heavy atom. The fourth-order valence-electron chi connectivity index (χ4n) is 5.92.